The van der Waals surface area contributed by atoms with Crippen molar-refractivity contribution in [1.29, 1.82) is 5.26 Å². The number of aromatic nitrogens is 3. The van der Waals surface area contributed by atoms with Crippen molar-refractivity contribution in [3.63, 3.8) is 0 Å². The highest BCUT2D eigenvalue weighted by Gasteiger charge is 2.20. The van der Waals surface area contributed by atoms with Gasteiger partial charge in [0.1, 0.15) is 17.7 Å². The molecule has 2 aromatic rings. The number of piperidine rings is 1. The van der Waals surface area contributed by atoms with Crippen molar-refractivity contribution in [1.82, 2.24) is 15.0 Å². The third-order valence-corrected chi connectivity index (χ3v) is 3.94. The lowest BCUT2D eigenvalue weighted by atomic mass is 10.1. The second-order valence-corrected chi connectivity index (χ2v) is 5.57. The van der Waals surface area contributed by atoms with Gasteiger partial charge < -0.3 is 15.0 Å². The van der Waals surface area contributed by atoms with E-state index < -0.39 is 0 Å². The van der Waals surface area contributed by atoms with Crippen LogP contribution in [0.3, 0.4) is 0 Å². The molecule has 1 aliphatic heterocycles. The normalized spacial score (nSPS) is 14.9. The summed E-state index contributed by atoms with van der Waals surface area (Å²) in [5.74, 6) is 2.34. The molecule has 24 heavy (non-hydrogen) atoms. The van der Waals surface area contributed by atoms with Gasteiger partial charge >= 0.3 is 0 Å². The molecule has 0 spiro atoms. The maximum Gasteiger partial charge on any atom is 0.215 e. The molecule has 1 saturated heterocycles. The molecule has 0 atom stereocenters. The van der Waals surface area contributed by atoms with Crippen LogP contribution in [0.5, 0.6) is 5.88 Å². The van der Waals surface area contributed by atoms with E-state index >= 15 is 0 Å². The van der Waals surface area contributed by atoms with Crippen molar-refractivity contribution in [2.45, 2.75) is 25.8 Å². The Morgan fingerprint density at radius 3 is 2.79 bits per heavy atom. The fraction of sp³-hybridized carbons (Fsp3) is 0.412. The first-order valence-corrected chi connectivity index (χ1v) is 8.12. The van der Waals surface area contributed by atoms with Crippen LogP contribution in [-0.2, 0) is 0 Å². The number of hydrogen-bond donors (Lipinski definition) is 1. The van der Waals surface area contributed by atoms with Crippen LogP contribution in [0.25, 0.3) is 0 Å². The van der Waals surface area contributed by atoms with E-state index in [0.717, 1.165) is 31.7 Å². The molecule has 7 nitrogen and oxygen atoms in total. The highest BCUT2D eigenvalue weighted by Crippen LogP contribution is 2.21. The molecule has 2 aromatic heterocycles. The zero-order valence-electron chi connectivity index (χ0n) is 13.6. The van der Waals surface area contributed by atoms with Gasteiger partial charge in [0.15, 0.2) is 5.69 Å². The van der Waals surface area contributed by atoms with Crippen LogP contribution in [0.4, 0.5) is 11.6 Å². The van der Waals surface area contributed by atoms with E-state index in [4.69, 9.17) is 10.00 Å². The van der Waals surface area contributed by atoms with Gasteiger partial charge in [-0.1, -0.05) is 6.07 Å². The van der Waals surface area contributed by atoms with Gasteiger partial charge in [0.05, 0.1) is 19.0 Å². The molecule has 0 amide bonds. The lowest BCUT2D eigenvalue weighted by Gasteiger charge is -2.33. The first kappa shape index (κ1) is 16.0. The zero-order chi connectivity index (χ0) is 16.8. The Hall–Kier alpha value is -2.88. The summed E-state index contributed by atoms with van der Waals surface area (Å²) in [4.78, 5) is 15.1. The van der Waals surface area contributed by atoms with Gasteiger partial charge in [-0.2, -0.15) is 10.2 Å². The van der Waals surface area contributed by atoms with E-state index in [0.29, 0.717) is 30.0 Å². The van der Waals surface area contributed by atoms with Gasteiger partial charge in [-0.05, 0) is 25.8 Å². The predicted octanol–water partition coefficient (Wildman–Crippen LogP) is 2.22. The zero-order valence-corrected chi connectivity index (χ0v) is 13.6. The SMILES string of the molecule is CCOc1cccc(N2CCC(Nc3cnc(C#N)cn3)CC2)n1. The molecule has 124 valence electrons. The van der Waals surface area contributed by atoms with Crippen molar-refractivity contribution < 1.29 is 4.74 Å². The summed E-state index contributed by atoms with van der Waals surface area (Å²) in [7, 11) is 0. The molecule has 0 saturated carbocycles. The fourth-order valence-electron chi connectivity index (χ4n) is 2.73. The number of ether oxygens (including phenoxy) is 1. The summed E-state index contributed by atoms with van der Waals surface area (Å²) in [6, 6.07) is 8.19. The lowest BCUT2D eigenvalue weighted by molar-refractivity contribution is 0.326. The van der Waals surface area contributed by atoms with Crippen LogP contribution < -0.4 is 15.0 Å². The molecule has 1 fully saturated rings. The molecule has 7 heteroatoms. The molecule has 0 unspecified atom stereocenters. The molecular weight excluding hydrogens is 304 g/mol. The van der Waals surface area contributed by atoms with Gasteiger partial charge in [-0.25, -0.2) is 9.97 Å². The largest absolute Gasteiger partial charge is 0.478 e. The minimum Gasteiger partial charge on any atom is -0.478 e. The maximum atomic E-state index is 8.75. The van der Waals surface area contributed by atoms with Crippen molar-refractivity contribution in [2.75, 3.05) is 29.9 Å². The highest BCUT2D eigenvalue weighted by atomic mass is 16.5. The fourth-order valence-corrected chi connectivity index (χ4v) is 2.73. The average Bonchev–Trinajstić information content (AvgIpc) is 2.63. The van der Waals surface area contributed by atoms with E-state index in [1.807, 2.05) is 31.2 Å². The Labute approximate surface area is 141 Å². The minimum absolute atomic E-state index is 0.329. The highest BCUT2D eigenvalue weighted by molar-refractivity contribution is 5.42. The van der Waals surface area contributed by atoms with Crippen molar-refractivity contribution in [3.8, 4) is 11.9 Å². The Morgan fingerprint density at radius 1 is 1.29 bits per heavy atom. The maximum absolute atomic E-state index is 8.75. The summed E-state index contributed by atoms with van der Waals surface area (Å²) >= 11 is 0. The number of nitrogens with zero attached hydrogens (tertiary/aromatic N) is 5. The first-order chi connectivity index (χ1) is 11.8. The summed E-state index contributed by atoms with van der Waals surface area (Å²) in [6.45, 7) is 4.42. The molecule has 3 rings (SSSR count). The first-order valence-electron chi connectivity index (χ1n) is 8.12. The van der Waals surface area contributed by atoms with E-state index in [1.165, 1.54) is 6.20 Å². The molecule has 1 N–H and O–H groups in total. The molecular formula is C17H20N6O. The van der Waals surface area contributed by atoms with Gasteiger partial charge in [0.2, 0.25) is 5.88 Å². The number of rotatable bonds is 5. The van der Waals surface area contributed by atoms with Crippen LogP contribution in [0.15, 0.2) is 30.6 Å². The van der Waals surface area contributed by atoms with E-state index in [-0.39, 0.29) is 0 Å². The summed E-state index contributed by atoms with van der Waals surface area (Å²) in [5.41, 5.74) is 0.329. The van der Waals surface area contributed by atoms with Crippen LogP contribution in [0, 0.1) is 11.3 Å². The molecule has 0 radical (unpaired) electrons. The summed E-state index contributed by atoms with van der Waals surface area (Å²) in [6.07, 6.45) is 5.07. The Morgan fingerprint density at radius 2 is 2.12 bits per heavy atom. The number of nitrogens with one attached hydrogen (secondary N) is 1. The number of nitriles is 1. The van der Waals surface area contributed by atoms with Crippen molar-refractivity contribution in [3.05, 3.63) is 36.3 Å². The molecule has 0 bridgehead atoms. The van der Waals surface area contributed by atoms with Gasteiger partial charge in [-0.15, -0.1) is 0 Å². The van der Waals surface area contributed by atoms with E-state index in [1.54, 1.807) is 6.20 Å². The van der Waals surface area contributed by atoms with Crippen LogP contribution in [0.1, 0.15) is 25.5 Å². The van der Waals surface area contributed by atoms with Crippen molar-refractivity contribution in [2.24, 2.45) is 0 Å². The van der Waals surface area contributed by atoms with Gasteiger partial charge in [0.25, 0.3) is 0 Å². The van der Waals surface area contributed by atoms with Crippen LogP contribution in [-0.4, -0.2) is 40.7 Å². The Kier molecular flexibility index (Phi) is 5.06. The smallest absolute Gasteiger partial charge is 0.215 e. The second-order valence-electron chi connectivity index (χ2n) is 5.57. The minimum atomic E-state index is 0.329. The monoisotopic (exact) mass is 324 g/mol. The Bertz CT molecular complexity index is 704. The number of anilines is 2. The van der Waals surface area contributed by atoms with Crippen molar-refractivity contribution >= 4 is 11.6 Å². The standard InChI is InChI=1S/C17H20N6O/c1-2-24-17-5-3-4-16(22-17)23-8-6-13(7-9-23)21-15-12-19-14(10-18)11-20-15/h3-5,11-13H,2,6-9H2,1H3,(H,20,21). The molecule has 3 heterocycles. The van der Waals surface area contributed by atoms with E-state index in [9.17, 15) is 0 Å². The van der Waals surface area contributed by atoms with Gasteiger partial charge in [-0.3, -0.25) is 0 Å². The summed E-state index contributed by atoms with van der Waals surface area (Å²) < 4.78 is 5.47. The van der Waals surface area contributed by atoms with Crippen LogP contribution in [0.2, 0.25) is 0 Å². The van der Waals surface area contributed by atoms with Crippen LogP contribution >= 0.6 is 0 Å². The quantitative estimate of drug-likeness (QED) is 0.902. The molecule has 0 aromatic carbocycles. The predicted molar refractivity (Wildman–Crippen MR) is 91.0 cm³/mol. The molecule has 0 aliphatic carbocycles. The van der Waals surface area contributed by atoms with E-state index in [2.05, 4.69) is 25.2 Å². The van der Waals surface area contributed by atoms with Gasteiger partial charge in [0, 0.05) is 25.2 Å². The topological polar surface area (TPSA) is 87.0 Å². The Balaban J connectivity index is 1.55. The lowest BCUT2D eigenvalue weighted by Crippen LogP contribution is -2.39. The molecule has 1 aliphatic rings. The second kappa shape index (κ2) is 7.59. The third kappa shape index (κ3) is 3.90. The number of pyridine rings is 1. The summed E-state index contributed by atoms with van der Waals surface area (Å²) in [5, 5.41) is 12.1. The number of hydrogen-bond acceptors (Lipinski definition) is 7. The average molecular weight is 324 g/mol. The third-order valence-electron chi connectivity index (χ3n) is 3.94.